The number of hydrogen-bond acceptors (Lipinski definition) is 5. The molecule has 1 heterocycles. The largest absolute Gasteiger partial charge is 0.744 e. The molecule has 1 aromatic carbocycles. The molecule has 0 aromatic heterocycles. The van der Waals surface area contributed by atoms with Gasteiger partial charge in [-0.2, -0.15) is 0 Å². The van der Waals surface area contributed by atoms with Gasteiger partial charge in [-0.05, 0) is 44.7 Å². The molecule has 1 aromatic rings. The van der Waals surface area contributed by atoms with Crippen molar-refractivity contribution in [1.82, 2.24) is 0 Å². The Morgan fingerprint density at radius 3 is 1.76 bits per heavy atom. The third kappa shape index (κ3) is 18.0. The molecule has 2 rings (SSSR count). The van der Waals surface area contributed by atoms with Gasteiger partial charge >= 0.3 is 5.97 Å². The molecular formula is C31H55NO5S. The van der Waals surface area contributed by atoms with Gasteiger partial charge in [-0.3, -0.25) is 4.79 Å². The molecule has 7 heteroatoms. The number of quaternary nitrogens is 1. The second-order valence-corrected chi connectivity index (χ2v) is 12.7. The predicted octanol–water partition coefficient (Wildman–Crippen LogP) is 7.54. The van der Waals surface area contributed by atoms with Crippen LogP contribution in [0, 0.1) is 6.92 Å². The van der Waals surface area contributed by atoms with E-state index in [1.807, 2.05) is 6.92 Å². The first-order valence-electron chi connectivity index (χ1n) is 15.2. The van der Waals surface area contributed by atoms with E-state index in [2.05, 4.69) is 14.0 Å². The number of carbonyl (C=O) groups is 1. The smallest absolute Gasteiger partial charge is 0.305 e. The SMILES string of the molecule is CCCCCCCCCCCCCCCC(=O)OCC[N+]1(C)CCCCC1.Cc1ccc(S(=O)(=O)[O-])cc1. The molecule has 1 saturated heterocycles. The van der Waals surface area contributed by atoms with Gasteiger partial charge in [0, 0.05) is 6.42 Å². The van der Waals surface area contributed by atoms with E-state index in [1.165, 1.54) is 122 Å². The van der Waals surface area contributed by atoms with E-state index in [0.29, 0.717) is 13.0 Å². The van der Waals surface area contributed by atoms with E-state index in [-0.39, 0.29) is 10.9 Å². The van der Waals surface area contributed by atoms with Crippen molar-refractivity contribution < 1.29 is 27.0 Å². The van der Waals surface area contributed by atoms with E-state index in [0.717, 1.165) is 23.0 Å². The summed E-state index contributed by atoms with van der Waals surface area (Å²) in [6.45, 7) is 8.19. The van der Waals surface area contributed by atoms with Crippen LogP contribution in [0.15, 0.2) is 29.2 Å². The normalized spacial score (nSPS) is 14.9. The zero-order chi connectivity index (χ0) is 28.1. The van der Waals surface area contributed by atoms with Crippen LogP contribution >= 0.6 is 0 Å². The zero-order valence-corrected chi connectivity index (χ0v) is 25.4. The van der Waals surface area contributed by atoms with Crippen LogP contribution in [-0.4, -0.2) is 56.7 Å². The van der Waals surface area contributed by atoms with Crippen molar-refractivity contribution in [1.29, 1.82) is 0 Å². The Bertz CT molecular complexity index is 832. The number of aryl methyl sites for hydroxylation is 1. The highest BCUT2D eigenvalue weighted by molar-refractivity contribution is 7.85. The zero-order valence-electron chi connectivity index (χ0n) is 24.6. The van der Waals surface area contributed by atoms with Crippen molar-refractivity contribution in [2.75, 3.05) is 33.3 Å². The first kappa shape index (κ1) is 34.6. The maximum absolute atomic E-state index is 11.9. The van der Waals surface area contributed by atoms with Gasteiger partial charge in [0.1, 0.15) is 23.3 Å². The summed E-state index contributed by atoms with van der Waals surface area (Å²) < 4.78 is 37.7. The fraction of sp³-hybridized carbons (Fsp3) is 0.774. The minimum atomic E-state index is -4.27. The van der Waals surface area contributed by atoms with E-state index in [1.54, 1.807) is 12.1 Å². The Morgan fingerprint density at radius 1 is 0.816 bits per heavy atom. The van der Waals surface area contributed by atoms with Crippen LogP contribution in [-0.2, 0) is 19.6 Å². The average Bonchev–Trinajstić information content (AvgIpc) is 2.87. The third-order valence-corrected chi connectivity index (χ3v) is 8.43. The third-order valence-electron chi connectivity index (χ3n) is 7.58. The van der Waals surface area contributed by atoms with E-state index in [9.17, 15) is 17.8 Å². The lowest BCUT2D eigenvalue weighted by Gasteiger charge is -2.37. The molecular weight excluding hydrogens is 498 g/mol. The Balaban J connectivity index is 0.000000544. The number of esters is 1. The standard InChI is InChI=1S/C24H48NO2.C7H8O3S/c1-3-4-5-6-7-8-9-10-11-12-13-14-16-19-24(26)27-23-22-25(2)20-17-15-18-21-25;1-6-2-4-7(5-3-6)11(8,9)10/h3-23H2,1-2H3;2-5H,1H3,(H,8,9,10)/q+1;/p-1. The molecule has 38 heavy (non-hydrogen) atoms. The molecule has 1 aliphatic heterocycles. The average molecular weight is 554 g/mol. The van der Waals surface area contributed by atoms with Crippen molar-refractivity contribution in [3.05, 3.63) is 29.8 Å². The maximum atomic E-state index is 11.9. The van der Waals surface area contributed by atoms with Crippen molar-refractivity contribution in [2.24, 2.45) is 0 Å². The number of rotatable bonds is 18. The highest BCUT2D eigenvalue weighted by Gasteiger charge is 2.24. The number of benzene rings is 1. The lowest BCUT2D eigenvalue weighted by molar-refractivity contribution is -0.914. The Kier molecular flexibility index (Phi) is 18.6. The fourth-order valence-corrected chi connectivity index (χ4v) is 5.41. The first-order valence-corrected chi connectivity index (χ1v) is 16.6. The summed E-state index contributed by atoms with van der Waals surface area (Å²) in [5, 5.41) is 0. The topological polar surface area (TPSA) is 83.5 Å². The molecule has 6 nitrogen and oxygen atoms in total. The number of nitrogens with zero attached hydrogens (tertiary/aromatic N) is 1. The molecule has 1 aliphatic rings. The minimum absolute atomic E-state index is 0.0154. The van der Waals surface area contributed by atoms with Gasteiger partial charge in [0.2, 0.25) is 0 Å². The summed E-state index contributed by atoms with van der Waals surface area (Å²) in [4.78, 5) is 11.7. The summed E-state index contributed by atoms with van der Waals surface area (Å²) in [7, 11) is -1.96. The van der Waals surface area contributed by atoms with Crippen LogP contribution < -0.4 is 0 Å². The summed E-state index contributed by atoms with van der Waals surface area (Å²) in [5.74, 6) is 0.0154. The monoisotopic (exact) mass is 553 g/mol. The van der Waals surface area contributed by atoms with Gasteiger partial charge in [0.05, 0.1) is 25.0 Å². The van der Waals surface area contributed by atoms with E-state index >= 15 is 0 Å². The molecule has 220 valence electrons. The number of piperidine rings is 1. The van der Waals surface area contributed by atoms with Crippen LogP contribution in [0.1, 0.15) is 122 Å². The molecule has 0 unspecified atom stereocenters. The molecule has 0 aliphatic carbocycles. The fourth-order valence-electron chi connectivity index (χ4n) is 4.94. The molecule has 1 fully saturated rings. The number of carbonyl (C=O) groups excluding carboxylic acids is 1. The van der Waals surface area contributed by atoms with Crippen molar-refractivity contribution in [3.8, 4) is 0 Å². The Morgan fingerprint density at radius 2 is 1.29 bits per heavy atom. The van der Waals surface area contributed by atoms with E-state index in [4.69, 9.17) is 4.74 Å². The number of ether oxygens (including phenoxy) is 1. The molecule has 0 N–H and O–H groups in total. The summed E-state index contributed by atoms with van der Waals surface area (Å²) in [5.41, 5.74) is 0.928. The Labute approximate surface area is 233 Å². The van der Waals surface area contributed by atoms with Crippen molar-refractivity contribution >= 4 is 16.1 Å². The Hall–Kier alpha value is -1.44. The van der Waals surface area contributed by atoms with Crippen LogP contribution in [0.2, 0.25) is 0 Å². The molecule has 0 amide bonds. The number of hydrogen-bond donors (Lipinski definition) is 0. The highest BCUT2D eigenvalue weighted by Crippen LogP contribution is 2.16. The predicted molar refractivity (Wildman–Crippen MR) is 155 cm³/mol. The summed E-state index contributed by atoms with van der Waals surface area (Å²) in [6.07, 6.45) is 22.1. The van der Waals surface area contributed by atoms with Gasteiger partial charge in [0.15, 0.2) is 0 Å². The lowest BCUT2D eigenvalue weighted by Crippen LogP contribution is -2.49. The number of unbranched alkanes of at least 4 members (excludes halogenated alkanes) is 12. The minimum Gasteiger partial charge on any atom is -0.744 e. The molecule has 0 atom stereocenters. The highest BCUT2D eigenvalue weighted by atomic mass is 32.2. The second kappa shape index (κ2) is 20.5. The van der Waals surface area contributed by atoms with Crippen molar-refractivity contribution in [2.45, 2.75) is 128 Å². The van der Waals surface area contributed by atoms with Gasteiger partial charge in [-0.1, -0.05) is 102 Å². The van der Waals surface area contributed by atoms with Crippen LogP contribution in [0.5, 0.6) is 0 Å². The number of likely N-dealkylation sites (N-methyl/N-ethyl adjacent to an activating group) is 1. The molecule has 0 radical (unpaired) electrons. The first-order chi connectivity index (χ1) is 18.2. The van der Waals surface area contributed by atoms with Gasteiger partial charge in [-0.25, -0.2) is 8.42 Å². The second-order valence-electron chi connectivity index (χ2n) is 11.3. The van der Waals surface area contributed by atoms with Gasteiger partial charge < -0.3 is 13.8 Å². The van der Waals surface area contributed by atoms with Gasteiger partial charge in [-0.15, -0.1) is 0 Å². The van der Waals surface area contributed by atoms with E-state index < -0.39 is 10.1 Å². The van der Waals surface area contributed by atoms with Crippen LogP contribution in [0.25, 0.3) is 0 Å². The van der Waals surface area contributed by atoms with Crippen LogP contribution in [0.3, 0.4) is 0 Å². The van der Waals surface area contributed by atoms with Crippen molar-refractivity contribution in [3.63, 3.8) is 0 Å². The van der Waals surface area contributed by atoms with Gasteiger partial charge in [0.25, 0.3) is 0 Å². The van der Waals surface area contributed by atoms with Crippen LogP contribution in [0.4, 0.5) is 0 Å². The molecule has 0 bridgehead atoms. The number of likely N-dealkylation sites (tertiary alicyclic amines) is 1. The molecule has 0 spiro atoms. The summed E-state index contributed by atoms with van der Waals surface area (Å²) >= 11 is 0. The summed E-state index contributed by atoms with van der Waals surface area (Å²) in [6, 6.07) is 5.78. The lowest BCUT2D eigenvalue weighted by atomic mass is 10.0. The maximum Gasteiger partial charge on any atom is 0.305 e. The molecule has 0 saturated carbocycles. The quantitative estimate of drug-likeness (QED) is 0.0811.